The fourth-order valence-electron chi connectivity index (χ4n) is 8.69. The highest BCUT2D eigenvalue weighted by Gasteiger charge is 2.83. The van der Waals surface area contributed by atoms with Crippen LogP contribution in [0.5, 0.6) is 0 Å². The number of hydrogen-bond donors (Lipinski definition) is 0. The summed E-state index contributed by atoms with van der Waals surface area (Å²) in [5.41, 5.74) is 0.855. The summed E-state index contributed by atoms with van der Waals surface area (Å²) in [5.74, 6) is 4.56. The van der Waals surface area contributed by atoms with Gasteiger partial charge in [0.2, 0.25) is 0 Å². The van der Waals surface area contributed by atoms with Crippen LogP contribution in [0.2, 0.25) is 0 Å². The normalized spacial score (nSPS) is 65.6. The van der Waals surface area contributed by atoms with E-state index in [2.05, 4.69) is 13.8 Å². The Morgan fingerprint density at radius 1 is 1.04 bits per heavy atom. The minimum atomic E-state index is 0.0229. The number of rotatable bonds is 0. The van der Waals surface area contributed by atoms with E-state index in [0.29, 0.717) is 23.2 Å². The fraction of sp³-hybridized carbons (Fsp3) is 0.952. The van der Waals surface area contributed by atoms with Gasteiger partial charge in [0.05, 0.1) is 11.7 Å². The molecular formula is C21H30O2. The third-order valence-corrected chi connectivity index (χ3v) is 9.81. The molecule has 0 N–H and O–H groups in total. The molecule has 0 radical (unpaired) electrons. The van der Waals surface area contributed by atoms with Crippen LogP contribution in [0.3, 0.4) is 0 Å². The van der Waals surface area contributed by atoms with E-state index in [1.165, 1.54) is 44.9 Å². The predicted molar refractivity (Wildman–Crippen MR) is 87.8 cm³/mol. The monoisotopic (exact) mass is 314 g/mol. The van der Waals surface area contributed by atoms with E-state index in [9.17, 15) is 4.79 Å². The summed E-state index contributed by atoms with van der Waals surface area (Å²) in [4.78, 5) is 12.5. The van der Waals surface area contributed by atoms with Gasteiger partial charge in [0.1, 0.15) is 5.78 Å². The summed E-state index contributed by atoms with van der Waals surface area (Å²) >= 11 is 0. The summed E-state index contributed by atoms with van der Waals surface area (Å²) in [5, 5.41) is 0. The fourth-order valence-corrected chi connectivity index (χ4v) is 8.69. The van der Waals surface area contributed by atoms with Gasteiger partial charge in [-0.3, -0.25) is 4.79 Å². The second-order valence-electron chi connectivity index (χ2n) is 10.4. The van der Waals surface area contributed by atoms with Crippen molar-refractivity contribution in [2.45, 2.75) is 83.3 Å². The van der Waals surface area contributed by atoms with Gasteiger partial charge in [0.15, 0.2) is 0 Å². The Morgan fingerprint density at radius 2 is 1.91 bits per heavy atom. The van der Waals surface area contributed by atoms with Crippen molar-refractivity contribution >= 4 is 5.78 Å². The molecule has 0 aromatic heterocycles. The number of fused-ring (bicyclic) bond motifs is 5. The van der Waals surface area contributed by atoms with Gasteiger partial charge in [-0.05, 0) is 74.5 Å². The van der Waals surface area contributed by atoms with Gasteiger partial charge in [-0.15, -0.1) is 0 Å². The Bertz CT molecular complexity index is 599. The molecule has 4 saturated carbocycles. The molecule has 0 aromatic carbocycles. The van der Waals surface area contributed by atoms with Crippen molar-refractivity contribution in [1.82, 2.24) is 0 Å². The van der Waals surface area contributed by atoms with E-state index < -0.39 is 0 Å². The Kier molecular flexibility index (Phi) is 2.35. The highest BCUT2D eigenvalue weighted by molar-refractivity contribution is 5.87. The molecular weight excluding hydrogens is 284 g/mol. The molecule has 0 aromatic rings. The van der Waals surface area contributed by atoms with Crippen molar-refractivity contribution in [3.63, 3.8) is 0 Å². The zero-order chi connectivity index (χ0) is 15.6. The summed E-state index contributed by atoms with van der Waals surface area (Å²) in [6.07, 6.45) is 11.9. The zero-order valence-electron chi connectivity index (χ0n) is 14.6. The second kappa shape index (κ2) is 3.89. The molecule has 23 heavy (non-hydrogen) atoms. The zero-order valence-corrected chi connectivity index (χ0v) is 14.6. The molecule has 2 bridgehead atoms. The number of hydrogen-bond acceptors (Lipinski definition) is 2. The maximum absolute atomic E-state index is 12.5. The van der Waals surface area contributed by atoms with Crippen LogP contribution in [-0.4, -0.2) is 17.5 Å². The maximum atomic E-state index is 12.5. The first kappa shape index (κ1) is 13.9. The van der Waals surface area contributed by atoms with Gasteiger partial charge in [-0.1, -0.05) is 20.3 Å². The first-order valence-corrected chi connectivity index (χ1v) is 10.2. The average molecular weight is 314 g/mol. The Balaban J connectivity index is 1.40. The van der Waals surface area contributed by atoms with E-state index in [-0.39, 0.29) is 11.0 Å². The SMILES string of the molecule is C[C@H]1CCC23CC24OC(CC2C5CCC(=O)C5(C)CCC24)C3C1. The smallest absolute Gasteiger partial charge is 0.139 e. The number of ketones is 1. The van der Waals surface area contributed by atoms with Crippen LogP contribution in [0.15, 0.2) is 0 Å². The van der Waals surface area contributed by atoms with Crippen LogP contribution in [-0.2, 0) is 9.53 Å². The molecule has 6 fully saturated rings. The van der Waals surface area contributed by atoms with Gasteiger partial charge < -0.3 is 4.74 Å². The molecule has 6 rings (SSSR count). The van der Waals surface area contributed by atoms with E-state index >= 15 is 0 Å². The van der Waals surface area contributed by atoms with Crippen LogP contribution >= 0.6 is 0 Å². The van der Waals surface area contributed by atoms with E-state index in [1.54, 1.807) is 0 Å². The minimum Gasteiger partial charge on any atom is -0.371 e. The van der Waals surface area contributed by atoms with Crippen LogP contribution in [0.25, 0.3) is 0 Å². The lowest BCUT2D eigenvalue weighted by atomic mass is 9.57. The Hall–Kier alpha value is -0.370. The lowest BCUT2D eigenvalue weighted by Gasteiger charge is -2.51. The molecule has 2 heterocycles. The molecule has 2 nitrogen and oxygen atoms in total. The van der Waals surface area contributed by atoms with Gasteiger partial charge in [0.25, 0.3) is 0 Å². The molecule has 2 heteroatoms. The molecule has 2 saturated heterocycles. The molecule has 6 aliphatic rings. The highest BCUT2D eigenvalue weighted by Crippen LogP contribution is 2.82. The van der Waals surface area contributed by atoms with Crippen molar-refractivity contribution in [1.29, 1.82) is 0 Å². The molecule has 2 aliphatic heterocycles. The number of Topliss-reactive ketones (excluding diaryl/α,β-unsaturated/α-hetero) is 1. The Morgan fingerprint density at radius 3 is 2.78 bits per heavy atom. The van der Waals surface area contributed by atoms with Crippen LogP contribution in [0.4, 0.5) is 0 Å². The van der Waals surface area contributed by atoms with Gasteiger partial charge in [0, 0.05) is 17.3 Å². The first-order chi connectivity index (χ1) is 11.0. The molecule has 0 amide bonds. The number of carbonyl (C=O) groups excluding carboxylic acids is 1. The second-order valence-corrected chi connectivity index (χ2v) is 10.4. The Labute approximate surface area is 139 Å². The molecule has 126 valence electrons. The molecule has 8 unspecified atom stereocenters. The number of carbonyl (C=O) groups is 1. The molecule has 9 atom stereocenters. The van der Waals surface area contributed by atoms with Gasteiger partial charge in [-0.25, -0.2) is 0 Å². The lowest BCUT2D eigenvalue weighted by molar-refractivity contribution is -0.157. The predicted octanol–water partition coefficient (Wildman–Crippen LogP) is 4.37. The summed E-state index contributed by atoms with van der Waals surface area (Å²) in [7, 11) is 0. The topological polar surface area (TPSA) is 26.3 Å². The van der Waals surface area contributed by atoms with Gasteiger partial charge >= 0.3 is 0 Å². The van der Waals surface area contributed by atoms with Gasteiger partial charge in [-0.2, -0.15) is 0 Å². The van der Waals surface area contributed by atoms with Crippen molar-refractivity contribution in [3.05, 3.63) is 0 Å². The van der Waals surface area contributed by atoms with Crippen LogP contribution in [0.1, 0.15) is 71.6 Å². The summed E-state index contributed by atoms with van der Waals surface area (Å²) < 4.78 is 6.84. The molecule has 2 spiro atoms. The lowest BCUT2D eigenvalue weighted by Crippen LogP contribution is -2.50. The van der Waals surface area contributed by atoms with Crippen LogP contribution in [0, 0.1) is 40.4 Å². The maximum Gasteiger partial charge on any atom is 0.139 e. The average Bonchev–Trinajstić information content (AvgIpc) is 2.94. The van der Waals surface area contributed by atoms with E-state index in [1.807, 2.05) is 0 Å². The van der Waals surface area contributed by atoms with Crippen molar-refractivity contribution in [2.24, 2.45) is 40.4 Å². The van der Waals surface area contributed by atoms with E-state index in [4.69, 9.17) is 4.74 Å². The third-order valence-electron chi connectivity index (χ3n) is 9.81. The quantitative estimate of drug-likeness (QED) is 0.664. The number of ether oxygens (including phenoxy) is 1. The third kappa shape index (κ3) is 1.35. The summed E-state index contributed by atoms with van der Waals surface area (Å²) in [6.45, 7) is 4.75. The largest absolute Gasteiger partial charge is 0.371 e. The molecule has 4 aliphatic carbocycles. The first-order valence-electron chi connectivity index (χ1n) is 10.2. The van der Waals surface area contributed by atoms with Crippen molar-refractivity contribution in [2.75, 3.05) is 0 Å². The van der Waals surface area contributed by atoms with Crippen LogP contribution < -0.4 is 0 Å². The standard InChI is InChI=1S/C21H30O2/c1-12-5-8-20-11-21(20)15-6-7-19(2)14(3-4-18(19)22)13(15)10-17(23-21)16(20)9-12/h12-17H,3-11H2,1-2H3/t12-,13?,14?,15?,16?,17?,19?,20?,21?/m0/s1. The summed E-state index contributed by atoms with van der Waals surface area (Å²) in [6, 6.07) is 0. The minimum absolute atomic E-state index is 0.0229. The van der Waals surface area contributed by atoms with E-state index in [0.717, 1.165) is 36.5 Å². The van der Waals surface area contributed by atoms with Crippen molar-refractivity contribution in [3.8, 4) is 0 Å². The highest BCUT2D eigenvalue weighted by atomic mass is 16.5. The van der Waals surface area contributed by atoms with Crippen molar-refractivity contribution < 1.29 is 9.53 Å².